The second kappa shape index (κ2) is 9.55. The first-order valence-corrected chi connectivity index (χ1v) is 16.3. The topological polar surface area (TPSA) is 13.1 Å². The monoisotopic (exact) mass is 598 g/mol. The molecule has 0 atom stereocenters. The van der Waals surface area contributed by atoms with Crippen molar-refractivity contribution in [1.29, 1.82) is 0 Å². The maximum atomic E-state index is 6.53. The van der Waals surface area contributed by atoms with Crippen LogP contribution in [0.25, 0.3) is 71.3 Å². The molecule has 1 aromatic heterocycles. The zero-order valence-electron chi connectivity index (χ0n) is 26.0. The molecule has 0 unspecified atom stereocenters. The summed E-state index contributed by atoms with van der Waals surface area (Å²) in [5.74, 6) is 0.917. The summed E-state index contributed by atoms with van der Waals surface area (Å²) in [7, 11) is 0. The Hall–Kier alpha value is -5.92. The largest absolute Gasteiger partial charge is 0.461 e. The first-order valence-electron chi connectivity index (χ1n) is 16.3. The van der Waals surface area contributed by atoms with Gasteiger partial charge in [0.2, 0.25) is 0 Å². The van der Waals surface area contributed by atoms with Crippen LogP contribution in [0.5, 0.6) is 0 Å². The van der Waals surface area contributed by atoms with Crippen LogP contribution >= 0.6 is 0 Å². The molecule has 0 fully saturated rings. The van der Waals surface area contributed by atoms with E-state index in [0.717, 1.165) is 22.3 Å². The van der Waals surface area contributed by atoms with Crippen molar-refractivity contribution in [2.75, 3.05) is 0 Å². The maximum absolute atomic E-state index is 6.53. The van der Waals surface area contributed by atoms with E-state index >= 15 is 0 Å². The molecule has 8 aromatic carbocycles. The van der Waals surface area contributed by atoms with Crippen molar-refractivity contribution in [3.63, 3.8) is 0 Å². The van der Waals surface area contributed by atoms with Gasteiger partial charge in [-0.15, -0.1) is 0 Å². The lowest BCUT2D eigenvalue weighted by Gasteiger charge is -2.34. The molecule has 1 heteroatoms. The molecule has 0 saturated heterocycles. The summed E-state index contributed by atoms with van der Waals surface area (Å²) in [5, 5.41) is 11.3. The summed E-state index contributed by atoms with van der Waals surface area (Å²) >= 11 is 0. The average Bonchev–Trinajstić information content (AvgIpc) is 3.61. The lowest BCUT2D eigenvalue weighted by Crippen LogP contribution is -2.28. The van der Waals surface area contributed by atoms with Gasteiger partial charge in [-0.1, -0.05) is 146 Å². The molecule has 220 valence electrons. The van der Waals surface area contributed by atoms with Gasteiger partial charge in [-0.3, -0.25) is 0 Å². The molecule has 0 radical (unpaired) electrons. The minimum Gasteiger partial charge on any atom is -0.461 e. The second-order valence-corrected chi connectivity index (χ2v) is 12.8. The Balaban J connectivity index is 1.46. The van der Waals surface area contributed by atoms with E-state index in [2.05, 4.69) is 153 Å². The highest BCUT2D eigenvalue weighted by atomic mass is 16.3. The van der Waals surface area contributed by atoms with Crippen molar-refractivity contribution < 1.29 is 4.42 Å². The van der Waals surface area contributed by atoms with Crippen molar-refractivity contribution in [3.05, 3.63) is 186 Å². The zero-order chi connectivity index (χ0) is 31.3. The fourth-order valence-corrected chi connectivity index (χ4v) is 8.86. The third-order valence-electron chi connectivity index (χ3n) is 10.6. The molecule has 1 nitrogen and oxygen atoms in total. The Labute approximate surface area is 273 Å². The molecule has 0 saturated carbocycles. The molecule has 0 bridgehead atoms. The Kier molecular flexibility index (Phi) is 5.34. The van der Waals surface area contributed by atoms with Gasteiger partial charge in [-0.25, -0.2) is 0 Å². The van der Waals surface area contributed by atoms with Crippen LogP contribution in [0.15, 0.2) is 157 Å². The smallest absolute Gasteiger partial charge is 0.136 e. The second-order valence-electron chi connectivity index (χ2n) is 12.8. The number of furan rings is 1. The van der Waals surface area contributed by atoms with E-state index in [1.807, 2.05) is 12.2 Å². The average molecular weight is 599 g/mol. The lowest BCUT2D eigenvalue weighted by atomic mass is 9.67. The molecule has 0 amide bonds. The van der Waals surface area contributed by atoms with Crippen molar-refractivity contribution in [2.45, 2.75) is 12.3 Å². The SMILES string of the molecule is C=C/C=C\c1c(C)oc2cc3c4cc5c(c6cccc(c7cccc(c12)c73)c64)-c1ccccc1C5(c1ccccc1)c1ccccc1. The number of fused-ring (bicyclic) bond motifs is 8. The van der Waals surface area contributed by atoms with Crippen LogP contribution in [0.4, 0.5) is 0 Å². The van der Waals surface area contributed by atoms with Gasteiger partial charge in [-0.05, 0) is 95.5 Å². The van der Waals surface area contributed by atoms with Crippen molar-refractivity contribution in [2.24, 2.45) is 0 Å². The Morgan fingerprint density at radius 1 is 0.553 bits per heavy atom. The van der Waals surface area contributed by atoms with Gasteiger partial charge in [0, 0.05) is 10.9 Å². The van der Waals surface area contributed by atoms with Crippen LogP contribution in [0, 0.1) is 6.92 Å². The summed E-state index contributed by atoms with van der Waals surface area (Å²) in [5.41, 5.74) is 9.40. The number of aryl methyl sites for hydroxylation is 1. The molecule has 1 aliphatic rings. The van der Waals surface area contributed by atoms with Gasteiger partial charge in [0.15, 0.2) is 0 Å². The van der Waals surface area contributed by atoms with E-state index in [0.29, 0.717) is 0 Å². The normalized spacial score (nSPS) is 13.8. The minimum atomic E-state index is -0.473. The van der Waals surface area contributed by atoms with Crippen LogP contribution in [0.2, 0.25) is 0 Å². The highest BCUT2D eigenvalue weighted by Gasteiger charge is 2.47. The van der Waals surface area contributed by atoms with Gasteiger partial charge < -0.3 is 4.42 Å². The van der Waals surface area contributed by atoms with Crippen molar-refractivity contribution in [1.82, 2.24) is 0 Å². The van der Waals surface area contributed by atoms with E-state index in [9.17, 15) is 0 Å². The predicted octanol–water partition coefficient (Wildman–Crippen LogP) is 12.4. The van der Waals surface area contributed by atoms with Crippen LogP contribution < -0.4 is 0 Å². The van der Waals surface area contributed by atoms with Gasteiger partial charge in [0.05, 0.1) is 5.41 Å². The number of hydrogen-bond acceptors (Lipinski definition) is 1. The first-order chi connectivity index (χ1) is 23.2. The molecule has 0 aliphatic heterocycles. The number of benzene rings is 8. The molecule has 1 heterocycles. The van der Waals surface area contributed by atoms with Crippen LogP contribution in [0.1, 0.15) is 33.6 Å². The van der Waals surface area contributed by atoms with Gasteiger partial charge in [-0.2, -0.15) is 0 Å². The number of allylic oxidation sites excluding steroid dienone is 2. The molecule has 10 rings (SSSR count). The quantitative estimate of drug-likeness (QED) is 0.112. The highest BCUT2D eigenvalue weighted by molar-refractivity contribution is 6.37. The first kappa shape index (κ1) is 26.3. The summed E-state index contributed by atoms with van der Waals surface area (Å²) in [6, 6.07) is 49.7. The fraction of sp³-hybridized carbons (Fsp3) is 0.0435. The van der Waals surface area contributed by atoms with Crippen molar-refractivity contribution >= 4 is 60.1 Å². The van der Waals surface area contributed by atoms with Gasteiger partial charge in [0.1, 0.15) is 11.3 Å². The van der Waals surface area contributed by atoms with E-state index in [1.54, 1.807) is 0 Å². The van der Waals surface area contributed by atoms with E-state index in [1.165, 1.54) is 76.5 Å². The fourth-order valence-electron chi connectivity index (χ4n) is 8.86. The molecule has 1 aliphatic carbocycles. The molecular weight excluding hydrogens is 569 g/mol. The summed E-state index contributed by atoms with van der Waals surface area (Å²) < 4.78 is 6.53. The number of hydrogen-bond donors (Lipinski definition) is 0. The standard InChI is InChI=1S/C46H30O/c1-3-4-19-31-28(2)47-41-27-38-37-26-40-44(35-23-13-21-32(42(35)37)33-22-14-24-36(43(33)38)45(31)41)34-20-11-12-25-39(34)46(40,29-15-7-5-8-16-29)30-17-9-6-10-18-30/h3-27H,1H2,2H3/b19-4-. The maximum Gasteiger partial charge on any atom is 0.136 e. The molecule has 0 N–H and O–H groups in total. The Morgan fingerprint density at radius 2 is 1.15 bits per heavy atom. The van der Waals surface area contributed by atoms with Gasteiger partial charge >= 0.3 is 0 Å². The van der Waals surface area contributed by atoms with Crippen LogP contribution in [-0.2, 0) is 5.41 Å². The van der Waals surface area contributed by atoms with E-state index < -0.39 is 5.41 Å². The molecule has 0 spiro atoms. The van der Waals surface area contributed by atoms with E-state index in [-0.39, 0.29) is 0 Å². The Bertz CT molecular complexity index is 2700. The van der Waals surface area contributed by atoms with E-state index in [4.69, 9.17) is 4.42 Å². The summed E-state index contributed by atoms with van der Waals surface area (Å²) in [4.78, 5) is 0. The third kappa shape index (κ3) is 3.28. The van der Waals surface area contributed by atoms with Gasteiger partial charge in [0.25, 0.3) is 0 Å². The predicted molar refractivity (Wildman–Crippen MR) is 199 cm³/mol. The third-order valence-corrected chi connectivity index (χ3v) is 10.6. The zero-order valence-corrected chi connectivity index (χ0v) is 26.0. The molecule has 9 aromatic rings. The Morgan fingerprint density at radius 3 is 1.85 bits per heavy atom. The highest BCUT2D eigenvalue weighted by Crippen LogP contribution is 2.59. The summed E-state index contributed by atoms with van der Waals surface area (Å²) in [6.45, 7) is 5.97. The van der Waals surface area contributed by atoms with Crippen molar-refractivity contribution in [3.8, 4) is 11.1 Å². The lowest BCUT2D eigenvalue weighted by molar-refractivity contribution is 0.578. The number of rotatable bonds is 4. The van der Waals surface area contributed by atoms with Crippen LogP contribution in [-0.4, -0.2) is 0 Å². The van der Waals surface area contributed by atoms with Crippen LogP contribution in [0.3, 0.4) is 0 Å². The molecule has 47 heavy (non-hydrogen) atoms. The minimum absolute atomic E-state index is 0.473. The molecular formula is C46H30O. The summed E-state index contributed by atoms with van der Waals surface area (Å²) in [6.07, 6.45) is 5.94.